The van der Waals surface area contributed by atoms with Gasteiger partial charge in [-0.2, -0.15) is 0 Å². The lowest BCUT2D eigenvalue weighted by atomic mass is 10.0. The van der Waals surface area contributed by atoms with Crippen LogP contribution in [0.2, 0.25) is 0 Å². The Bertz CT molecular complexity index is 5450. The van der Waals surface area contributed by atoms with E-state index in [4.69, 9.17) is 25.6 Å². The minimum Gasteiger partial charge on any atom is -0.456 e. The molecule has 0 fully saturated rings. The zero-order valence-electron chi connectivity index (χ0n) is 55.9. The summed E-state index contributed by atoms with van der Waals surface area (Å²) in [4.78, 5) is 0. The van der Waals surface area contributed by atoms with Gasteiger partial charge >= 0.3 is 0 Å². The predicted octanol–water partition coefficient (Wildman–Crippen LogP) is 18.5. The molecule has 15 aromatic rings. The Morgan fingerprint density at radius 2 is 0.543 bits per heavy atom. The normalized spacial score (nSPS) is 13.8. The molecule has 0 bridgehead atoms. The molecule has 396 valence electrons. The molecule has 0 amide bonds. The maximum Gasteiger partial charge on any atom is 0.216 e. The second-order valence-electron chi connectivity index (χ2n) is 22.1. The molecule has 0 aliphatic heterocycles. The summed E-state index contributed by atoms with van der Waals surface area (Å²) >= 11 is 0. The van der Waals surface area contributed by atoms with Gasteiger partial charge in [0, 0.05) is 45.2 Å². The largest absolute Gasteiger partial charge is 0.456 e. The van der Waals surface area contributed by atoms with Crippen molar-refractivity contribution >= 4 is 98.1 Å². The van der Waals surface area contributed by atoms with Gasteiger partial charge in [0.25, 0.3) is 0 Å². The molecule has 81 heavy (non-hydrogen) atoms. The number of rotatable bonds is 3. The molecule has 0 spiro atoms. The predicted molar refractivity (Wildman–Crippen MR) is 336 cm³/mol. The van der Waals surface area contributed by atoms with Crippen LogP contribution in [0.15, 0.2) is 196 Å². The number of furan rings is 3. The fraction of sp³-hybridized carbons (Fsp3) is 0.160. The van der Waals surface area contributed by atoms with Crippen LogP contribution in [0.25, 0.3) is 132 Å². The van der Waals surface area contributed by atoms with Gasteiger partial charge in [0.2, 0.25) is 17.1 Å². The first-order valence-corrected chi connectivity index (χ1v) is 27.3. The van der Waals surface area contributed by atoms with E-state index in [-0.39, 0.29) is 0 Å². The first-order valence-electron chi connectivity index (χ1n) is 31.8. The number of hydrogen-bond donors (Lipinski definition) is 0. The molecule has 0 atom stereocenters. The van der Waals surface area contributed by atoms with Crippen LogP contribution in [0.3, 0.4) is 0 Å². The van der Waals surface area contributed by atoms with Crippen molar-refractivity contribution in [1.82, 2.24) is 0 Å². The average molecular weight is 1070 g/mol. The minimum atomic E-state index is -2.16. The molecule has 0 saturated heterocycles. The van der Waals surface area contributed by atoms with E-state index >= 15 is 0 Å². The van der Waals surface area contributed by atoms with E-state index in [0.717, 1.165) is 99.3 Å². The minimum absolute atomic E-state index is 0.311. The molecule has 15 rings (SSSR count). The number of benzene rings is 9. The highest BCUT2D eigenvalue weighted by Gasteiger charge is 2.22. The molecular formula is C75H66N3O3+3. The molecule has 9 aromatic carbocycles. The molecule has 6 heteroatoms. The Morgan fingerprint density at radius 1 is 0.272 bits per heavy atom. The van der Waals surface area contributed by atoms with E-state index in [9.17, 15) is 0 Å². The smallest absolute Gasteiger partial charge is 0.216 e. The van der Waals surface area contributed by atoms with Crippen molar-refractivity contribution in [2.45, 2.75) is 62.1 Å². The number of aryl methyl sites for hydroxylation is 12. The van der Waals surface area contributed by atoms with Crippen molar-refractivity contribution in [2.75, 3.05) is 0 Å². The topological polar surface area (TPSA) is 51.1 Å². The monoisotopic (exact) mass is 1070 g/mol. The quantitative estimate of drug-likeness (QED) is 0.166. The Morgan fingerprint density at radius 3 is 0.938 bits per heavy atom. The molecule has 0 aliphatic rings. The van der Waals surface area contributed by atoms with Crippen molar-refractivity contribution in [3.05, 3.63) is 232 Å². The van der Waals surface area contributed by atoms with Gasteiger partial charge in [0.1, 0.15) is 54.6 Å². The molecule has 0 N–H and O–H groups in total. The molecule has 0 radical (unpaired) electrons. The third-order valence-corrected chi connectivity index (χ3v) is 16.0. The summed E-state index contributed by atoms with van der Waals surface area (Å²) in [6.07, 6.45) is 6.27. The average Bonchev–Trinajstić information content (AvgIpc) is 1.63. The molecule has 0 aliphatic carbocycles. The highest BCUT2D eigenvalue weighted by atomic mass is 16.3. The number of pyridine rings is 3. The van der Waals surface area contributed by atoms with E-state index in [1.165, 1.54) is 60.4 Å². The lowest BCUT2D eigenvalue weighted by Crippen LogP contribution is -2.30. The van der Waals surface area contributed by atoms with Crippen molar-refractivity contribution < 1.29 is 39.3 Å². The Hall–Kier alpha value is -9.39. The third kappa shape index (κ3) is 9.34. The van der Waals surface area contributed by atoms with Crippen LogP contribution in [-0.4, -0.2) is 0 Å². The summed E-state index contributed by atoms with van der Waals surface area (Å²) in [5, 5.41) is 12.9. The van der Waals surface area contributed by atoms with E-state index in [2.05, 4.69) is 141 Å². The Balaban J connectivity index is 0.000000124. The van der Waals surface area contributed by atoms with Gasteiger partial charge in [-0.15, -0.1) is 0 Å². The highest BCUT2D eigenvalue weighted by Crippen LogP contribution is 2.38. The van der Waals surface area contributed by atoms with Crippen LogP contribution in [0.1, 0.15) is 62.4 Å². The maximum absolute atomic E-state index is 7.69. The van der Waals surface area contributed by atoms with Gasteiger partial charge in [-0.3, -0.25) is 0 Å². The van der Waals surface area contributed by atoms with Gasteiger partial charge in [0.05, 0.1) is 34.4 Å². The molecule has 6 heterocycles. The first kappa shape index (κ1) is 41.6. The second-order valence-corrected chi connectivity index (χ2v) is 22.1. The van der Waals surface area contributed by atoms with Crippen LogP contribution < -0.4 is 13.7 Å². The van der Waals surface area contributed by atoms with Crippen LogP contribution in [0.4, 0.5) is 0 Å². The molecule has 6 nitrogen and oxygen atoms in total. The SMILES string of the molecule is Cc1ccc(-c2cc3oc4cc5cc(C)ccc5cc4c3c[n+]2C)c(C)c1.[2H]C([2H])([2H])c1ccc(-c2cc3oc4cc5cc(C)ccc5cc4c3c[n+]2C)c(C)c1.[2H]C([2H])([2H])c1ccc(-c2cc3oc4cc5ccc(C([2H])([2H])[2H])cc5cc4c3c[n+]2C)c(C)c1. The van der Waals surface area contributed by atoms with Crippen molar-refractivity contribution in [1.29, 1.82) is 0 Å². The molecule has 6 aromatic heterocycles. The number of nitrogens with zero attached hydrogens (tertiary/aromatic N) is 3. The maximum atomic E-state index is 7.69. The number of fused-ring (bicyclic) bond motifs is 12. The summed E-state index contributed by atoms with van der Waals surface area (Å²) in [5.41, 5.74) is 19.1. The summed E-state index contributed by atoms with van der Waals surface area (Å²) in [7, 11) is 6.06. The first-order chi connectivity index (χ1) is 42.6. The zero-order chi connectivity index (χ0) is 63.6. The standard InChI is InChI=1S/3C25H22NO/c1-15-6-8-20(17(3)9-15)23-13-25-22(14-26(23)4)21-11-19-10-16(2)5-7-18(19)12-24(21)27-25;2*1-15-6-8-20(17(3)9-15)23-13-25-22(14-26(23)4)21-11-18-7-5-16(2)10-19(18)12-24(21)27-25/h3*5-14H,1-4H3/q3*+1/i1D3,2D3;1D3;. The lowest BCUT2D eigenvalue weighted by Gasteiger charge is -2.05. The van der Waals surface area contributed by atoms with Crippen LogP contribution in [-0.2, 0) is 21.1 Å². The van der Waals surface area contributed by atoms with Gasteiger partial charge in [-0.05, 0) is 166 Å². The summed E-state index contributed by atoms with van der Waals surface area (Å²) in [6.45, 7) is 5.96. The van der Waals surface area contributed by atoms with Crippen LogP contribution in [0.5, 0.6) is 0 Å². The second kappa shape index (κ2) is 19.8. The fourth-order valence-corrected chi connectivity index (χ4v) is 11.9. The van der Waals surface area contributed by atoms with E-state index in [1.54, 1.807) is 36.4 Å². The van der Waals surface area contributed by atoms with Gasteiger partial charge < -0.3 is 13.3 Å². The van der Waals surface area contributed by atoms with Crippen LogP contribution in [0, 0.1) is 62.1 Å². The molecule has 0 saturated carbocycles. The van der Waals surface area contributed by atoms with E-state index < -0.39 is 20.6 Å². The van der Waals surface area contributed by atoms with Gasteiger partial charge in [-0.1, -0.05) is 124 Å². The van der Waals surface area contributed by atoms with Crippen molar-refractivity contribution in [3.8, 4) is 33.8 Å². The number of hydrogen-bond acceptors (Lipinski definition) is 3. The Labute approximate surface area is 485 Å². The van der Waals surface area contributed by atoms with E-state index in [1.807, 2.05) is 81.2 Å². The highest BCUT2D eigenvalue weighted by molar-refractivity contribution is 6.12. The summed E-state index contributed by atoms with van der Waals surface area (Å²) in [5.74, 6) is 0. The number of aromatic nitrogens is 3. The van der Waals surface area contributed by atoms with Gasteiger partial charge in [-0.25, -0.2) is 13.7 Å². The zero-order valence-corrected chi connectivity index (χ0v) is 46.9. The molecular weight excluding hydrogens is 991 g/mol. The Kier molecular flexibility index (Phi) is 10.2. The lowest BCUT2D eigenvalue weighted by molar-refractivity contribution is -0.659. The van der Waals surface area contributed by atoms with Gasteiger partial charge in [0.15, 0.2) is 18.6 Å². The fourth-order valence-electron chi connectivity index (χ4n) is 11.9. The van der Waals surface area contributed by atoms with E-state index in [0.29, 0.717) is 22.3 Å². The van der Waals surface area contributed by atoms with Crippen molar-refractivity contribution in [2.24, 2.45) is 21.1 Å². The van der Waals surface area contributed by atoms with Crippen molar-refractivity contribution in [3.63, 3.8) is 0 Å². The summed E-state index contributed by atoms with van der Waals surface area (Å²) < 4.78 is 93.9. The van der Waals surface area contributed by atoms with Crippen LogP contribution >= 0.6 is 0 Å². The summed E-state index contributed by atoms with van der Waals surface area (Å²) in [6, 6.07) is 54.1. The molecule has 0 unspecified atom stereocenters. The third-order valence-electron chi connectivity index (χ3n) is 16.0.